The molecule has 1 aromatic heterocycles. The number of carboxylic acid groups (broad SMARTS) is 1. The summed E-state index contributed by atoms with van der Waals surface area (Å²) in [6.07, 6.45) is 2.37. The van der Waals surface area contributed by atoms with Crippen molar-refractivity contribution in [1.82, 2.24) is 9.97 Å². The molecule has 6 nitrogen and oxygen atoms in total. The van der Waals surface area contributed by atoms with Crippen LogP contribution in [0.5, 0.6) is 0 Å². The molecule has 1 saturated heterocycles. The van der Waals surface area contributed by atoms with Gasteiger partial charge in [0.1, 0.15) is 0 Å². The fraction of sp³-hybridized carbons (Fsp3) is 0.500. The maximum Gasteiger partial charge on any atom is 0.354 e. The van der Waals surface area contributed by atoms with Gasteiger partial charge in [0.05, 0.1) is 6.61 Å². The summed E-state index contributed by atoms with van der Waals surface area (Å²) in [6, 6.07) is 1.39. The lowest BCUT2D eigenvalue weighted by atomic mass is 10.4. The molecule has 86 valence electrons. The SMILES string of the molecule is O=C(O)c1ccnc(N2CCCOCC2)n1. The van der Waals surface area contributed by atoms with E-state index >= 15 is 0 Å². The summed E-state index contributed by atoms with van der Waals surface area (Å²) < 4.78 is 5.31. The molecule has 0 amide bonds. The van der Waals surface area contributed by atoms with Crippen molar-refractivity contribution in [2.24, 2.45) is 0 Å². The lowest BCUT2D eigenvalue weighted by molar-refractivity contribution is 0.0690. The van der Waals surface area contributed by atoms with E-state index in [1.807, 2.05) is 4.90 Å². The molecule has 0 bridgehead atoms. The van der Waals surface area contributed by atoms with Gasteiger partial charge in [-0.25, -0.2) is 14.8 Å². The lowest BCUT2D eigenvalue weighted by Gasteiger charge is -2.19. The predicted octanol–water partition coefficient (Wildman–Crippen LogP) is 0.401. The summed E-state index contributed by atoms with van der Waals surface area (Å²) in [4.78, 5) is 20.8. The van der Waals surface area contributed by atoms with Crippen LogP contribution >= 0.6 is 0 Å². The quantitative estimate of drug-likeness (QED) is 0.782. The predicted molar refractivity (Wildman–Crippen MR) is 56.6 cm³/mol. The number of anilines is 1. The standard InChI is InChI=1S/C10H13N3O3/c14-9(15)8-2-3-11-10(12-8)13-4-1-6-16-7-5-13/h2-3H,1,4-7H2,(H,14,15). The first-order valence-electron chi connectivity index (χ1n) is 5.16. The molecular weight excluding hydrogens is 210 g/mol. The van der Waals surface area contributed by atoms with E-state index in [0.717, 1.165) is 19.6 Å². The molecule has 0 atom stereocenters. The number of carboxylic acids is 1. The minimum absolute atomic E-state index is 0.0233. The Bertz CT molecular complexity index is 375. The van der Waals surface area contributed by atoms with Crippen LogP contribution in [0.25, 0.3) is 0 Å². The minimum atomic E-state index is -1.03. The van der Waals surface area contributed by atoms with Crippen LogP contribution in [0, 0.1) is 0 Å². The first kappa shape index (κ1) is 10.8. The normalized spacial score (nSPS) is 16.9. The topological polar surface area (TPSA) is 75.5 Å². The van der Waals surface area contributed by atoms with E-state index in [9.17, 15) is 4.79 Å². The number of carbonyl (C=O) groups is 1. The average molecular weight is 223 g/mol. The molecule has 0 radical (unpaired) electrons. The number of hydrogen-bond acceptors (Lipinski definition) is 5. The van der Waals surface area contributed by atoms with Crippen molar-refractivity contribution in [3.8, 4) is 0 Å². The highest BCUT2D eigenvalue weighted by atomic mass is 16.5. The van der Waals surface area contributed by atoms with E-state index < -0.39 is 5.97 Å². The summed E-state index contributed by atoms with van der Waals surface area (Å²) >= 11 is 0. The van der Waals surface area contributed by atoms with Gasteiger partial charge in [-0.1, -0.05) is 0 Å². The molecule has 0 aliphatic carbocycles. The van der Waals surface area contributed by atoms with Crippen molar-refractivity contribution < 1.29 is 14.6 Å². The van der Waals surface area contributed by atoms with E-state index in [2.05, 4.69) is 9.97 Å². The molecular formula is C10H13N3O3. The fourth-order valence-corrected chi connectivity index (χ4v) is 1.57. The first-order valence-corrected chi connectivity index (χ1v) is 5.16. The molecule has 1 aliphatic rings. The molecule has 6 heteroatoms. The first-order chi connectivity index (χ1) is 7.77. The Morgan fingerprint density at radius 1 is 1.44 bits per heavy atom. The van der Waals surface area contributed by atoms with E-state index in [0.29, 0.717) is 19.1 Å². The maximum absolute atomic E-state index is 10.8. The van der Waals surface area contributed by atoms with E-state index in [1.54, 1.807) is 0 Å². The van der Waals surface area contributed by atoms with Gasteiger partial charge in [0, 0.05) is 25.9 Å². The summed E-state index contributed by atoms with van der Waals surface area (Å²) in [6.45, 7) is 2.85. The monoisotopic (exact) mass is 223 g/mol. The van der Waals surface area contributed by atoms with E-state index in [-0.39, 0.29) is 5.69 Å². The third-order valence-corrected chi connectivity index (χ3v) is 2.37. The van der Waals surface area contributed by atoms with Crippen molar-refractivity contribution in [1.29, 1.82) is 0 Å². The van der Waals surface area contributed by atoms with Crippen LogP contribution in [0.2, 0.25) is 0 Å². The zero-order valence-electron chi connectivity index (χ0n) is 8.80. The Morgan fingerprint density at radius 3 is 3.12 bits per heavy atom. The lowest BCUT2D eigenvalue weighted by Crippen LogP contribution is -2.28. The van der Waals surface area contributed by atoms with Gasteiger partial charge in [0.2, 0.25) is 5.95 Å². The van der Waals surface area contributed by atoms with Crippen LogP contribution in [0.4, 0.5) is 5.95 Å². The van der Waals surface area contributed by atoms with Crippen molar-refractivity contribution in [2.75, 3.05) is 31.2 Å². The smallest absolute Gasteiger partial charge is 0.354 e. The second-order valence-electron chi connectivity index (χ2n) is 3.50. The summed E-state index contributed by atoms with van der Waals surface area (Å²) in [5.41, 5.74) is 0.0233. The van der Waals surface area contributed by atoms with Crippen LogP contribution in [-0.4, -0.2) is 47.3 Å². The molecule has 2 rings (SSSR count). The highest BCUT2D eigenvalue weighted by Gasteiger charge is 2.14. The number of rotatable bonds is 2. The zero-order chi connectivity index (χ0) is 11.4. The van der Waals surface area contributed by atoms with Crippen LogP contribution < -0.4 is 4.90 Å². The third-order valence-electron chi connectivity index (χ3n) is 2.37. The Morgan fingerprint density at radius 2 is 2.31 bits per heavy atom. The molecule has 1 N–H and O–H groups in total. The summed E-state index contributed by atoms with van der Waals surface area (Å²) in [5, 5.41) is 8.83. The number of ether oxygens (including phenoxy) is 1. The Labute approximate surface area is 92.9 Å². The van der Waals surface area contributed by atoms with Gasteiger partial charge in [0.25, 0.3) is 0 Å². The molecule has 0 saturated carbocycles. The van der Waals surface area contributed by atoms with Crippen LogP contribution in [0.3, 0.4) is 0 Å². The van der Waals surface area contributed by atoms with Crippen LogP contribution in [0.1, 0.15) is 16.9 Å². The maximum atomic E-state index is 10.8. The van der Waals surface area contributed by atoms with Gasteiger partial charge in [-0.2, -0.15) is 0 Å². The zero-order valence-corrected chi connectivity index (χ0v) is 8.80. The van der Waals surface area contributed by atoms with Gasteiger partial charge in [0.15, 0.2) is 5.69 Å². The molecule has 1 fully saturated rings. The Balaban J connectivity index is 2.18. The Kier molecular flexibility index (Phi) is 3.31. The molecule has 16 heavy (non-hydrogen) atoms. The molecule has 0 aromatic carbocycles. The Hall–Kier alpha value is -1.69. The number of aromatic nitrogens is 2. The van der Waals surface area contributed by atoms with Gasteiger partial charge in [-0.3, -0.25) is 0 Å². The minimum Gasteiger partial charge on any atom is -0.477 e. The third kappa shape index (κ3) is 2.46. The van der Waals surface area contributed by atoms with E-state index in [1.165, 1.54) is 12.3 Å². The number of nitrogens with zero attached hydrogens (tertiary/aromatic N) is 3. The van der Waals surface area contributed by atoms with Gasteiger partial charge in [-0.15, -0.1) is 0 Å². The molecule has 0 spiro atoms. The van der Waals surface area contributed by atoms with Crippen molar-refractivity contribution >= 4 is 11.9 Å². The van der Waals surface area contributed by atoms with Gasteiger partial charge < -0.3 is 14.7 Å². The highest BCUT2D eigenvalue weighted by Crippen LogP contribution is 2.10. The largest absolute Gasteiger partial charge is 0.477 e. The van der Waals surface area contributed by atoms with Crippen molar-refractivity contribution in [2.45, 2.75) is 6.42 Å². The second kappa shape index (κ2) is 4.89. The average Bonchev–Trinajstić information content (AvgIpc) is 2.57. The van der Waals surface area contributed by atoms with E-state index in [4.69, 9.17) is 9.84 Å². The number of hydrogen-bond donors (Lipinski definition) is 1. The molecule has 1 aromatic rings. The highest BCUT2D eigenvalue weighted by molar-refractivity contribution is 5.85. The van der Waals surface area contributed by atoms with Crippen LogP contribution in [0.15, 0.2) is 12.3 Å². The van der Waals surface area contributed by atoms with Gasteiger partial charge >= 0.3 is 5.97 Å². The van der Waals surface area contributed by atoms with Crippen molar-refractivity contribution in [3.05, 3.63) is 18.0 Å². The fourth-order valence-electron chi connectivity index (χ4n) is 1.57. The summed E-state index contributed by atoms with van der Waals surface area (Å²) in [5.74, 6) is -0.569. The molecule has 2 heterocycles. The van der Waals surface area contributed by atoms with Gasteiger partial charge in [-0.05, 0) is 12.5 Å². The molecule has 0 unspecified atom stereocenters. The van der Waals surface area contributed by atoms with Crippen molar-refractivity contribution in [3.63, 3.8) is 0 Å². The van der Waals surface area contributed by atoms with Crippen LogP contribution in [-0.2, 0) is 4.74 Å². The second-order valence-corrected chi connectivity index (χ2v) is 3.50. The molecule has 1 aliphatic heterocycles. The number of aromatic carboxylic acids is 1. The summed E-state index contributed by atoms with van der Waals surface area (Å²) in [7, 11) is 0.